The van der Waals surface area contributed by atoms with Crippen LogP contribution in [0.15, 0.2) is 29.2 Å². The van der Waals surface area contributed by atoms with Crippen molar-refractivity contribution < 1.29 is 28.5 Å². The minimum atomic E-state index is -4.27. The predicted octanol–water partition coefficient (Wildman–Crippen LogP) is -1.57. The Kier molecular flexibility index (Phi) is 8.51. The van der Waals surface area contributed by atoms with Crippen LogP contribution in [0.25, 0.3) is 0 Å². The molecule has 104 valence electrons. The highest BCUT2D eigenvalue weighted by molar-refractivity contribution is 7.85. The lowest BCUT2D eigenvalue weighted by Gasteiger charge is -2.05. The number of rotatable bonds is 5. The van der Waals surface area contributed by atoms with Crippen LogP contribution in [0.4, 0.5) is 0 Å². The van der Waals surface area contributed by atoms with Crippen LogP contribution in [-0.2, 0) is 10.1 Å². The van der Waals surface area contributed by atoms with Gasteiger partial charge in [0, 0.05) is 0 Å². The maximum atomic E-state index is 10.4. The lowest BCUT2D eigenvalue weighted by atomic mass is 10.2. The number of hydrogen-bond acceptors (Lipinski definition) is 5. The molecule has 0 aliphatic carbocycles. The number of hydrogen-bond donors (Lipinski definition) is 3. The fourth-order valence-electron chi connectivity index (χ4n) is 1.03. The molecular weight excluding hydrogens is 258 g/mol. The van der Waals surface area contributed by atoms with Crippen molar-refractivity contribution in [1.82, 2.24) is 0 Å². The first-order valence-corrected chi connectivity index (χ1v) is 6.88. The van der Waals surface area contributed by atoms with E-state index in [0.717, 1.165) is 5.56 Å². The summed E-state index contributed by atoms with van der Waals surface area (Å²) in [6.45, 7) is 3.60. The molecule has 7 heteroatoms. The molecule has 18 heavy (non-hydrogen) atoms. The Morgan fingerprint density at radius 3 is 1.89 bits per heavy atom. The van der Waals surface area contributed by atoms with Crippen LogP contribution in [0.1, 0.15) is 5.56 Å². The third kappa shape index (κ3) is 8.15. The zero-order valence-corrected chi connectivity index (χ0v) is 11.1. The van der Waals surface area contributed by atoms with Crippen LogP contribution in [0.3, 0.4) is 0 Å². The first-order chi connectivity index (χ1) is 8.41. The van der Waals surface area contributed by atoms with Gasteiger partial charge in [0.05, 0.1) is 31.2 Å². The van der Waals surface area contributed by atoms with Gasteiger partial charge in [-0.05, 0) is 19.1 Å². The smallest absolute Gasteiger partial charge is 0.124 e. The zero-order valence-electron chi connectivity index (χ0n) is 10.2. The Balaban J connectivity index is 0.000000360. The van der Waals surface area contributed by atoms with Crippen LogP contribution >= 0.6 is 0 Å². The molecule has 0 aromatic heterocycles. The van der Waals surface area contributed by atoms with Crippen molar-refractivity contribution in [2.24, 2.45) is 0 Å². The first-order valence-electron chi connectivity index (χ1n) is 5.47. The number of quaternary nitrogens is 1. The van der Waals surface area contributed by atoms with Gasteiger partial charge in [-0.15, -0.1) is 0 Å². The summed E-state index contributed by atoms with van der Waals surface area (Å²) in [5, 5.41) is 18.2. The lowest BCUT2D eigenvalue weighted by molar-refractivity contribution is -0.657. The molecule has 0 fully saturated rings. The molecule has 1 rings (SSSR count). The fourth-order valence-corrected chi connectivity index (χ4v) is 1.50. The highest BCUT2D eigenvalue weighted by Crippen LogP contribution is 2.08. The van der Waals surface area contributed by atoms with Crippen LogP contribution in [0.2, 0.25) is 0 Å². The minimum absolute atomic E-state index is 0.178. The second kappa shape index (κ2) is 9.01. The third-order valence-electron chi connectivity index (χ3n) is 1.98. The highest BCUT2D eigenvalue weighted by atomic mass is 32.2. The molecule has 0 radical (unpaired) electrons. The molecule has 0 spiro atoms. The van der Waals surface area contributed by atoms with E-state index in [1.165, 1.54) is 12.1 Å². The summed E-state index contributed by atoms with van der Waals surface area (Å²) in [7, 11) is -4.27. The molecule has 0 saturated heterocycles. The lowest BCUT2D eigenvalue weighted by Crippen LogP contribution is -2.85. The molecular formula is C11H19NO5S. The van der Waals surface area contributed by atoms with Crippen LogP contribution in [0.5, 0.6) is 0 Å². The molecule has 0 saturated carbocycles. The normalized spacial score (nSPS) is 10.7. The quantitative estimate of drug-likeness (QED) is 0.444. The van der Waals surface area contributed by atoms with E-state index >= 15 is 0 Å². The van der Waals surface area contributed by atoms with E-state index in [0.29, 0.717) is 13.1 Å². The summed E-state index contributed by atoms with van der Waals surface area (Å²) >= 11 is 0. The van der Waals surface area contributed by atoms with Gasteiger partial charge in [-0.1, -0.05) is 17.7 Å². The number of nitrogens with two attached hydrogens (primary N) is 1. The van der Waals surface area contributed by atoms with Crippen molar-refractivity contribution in [3.8, 4) is 0 Å². The Morgan fingerprint density at radius 1 is 1.11 bits per heavy atom. The van der Waals surface area contributed by atoms with Crippen molar-refractivity contribution in [3.63, 3.8) is 0 Å². The summed E-state index contributed by atoms with van der Waals surface area (Å²) in [6.07, 6.45) is 0. The van der Waals surface area contributed by atoms with Gasteiger partial charge < -0.3 is 20.1 Å². The largest absolute Gasteiger partial charge is 0.744 e. The van der Waals surface area contributed by atoms with E-state index in [1.54, 1.807) is 12.1 Å². The number of aliphatic hydroxyl groups excluding tert-OH is 2. The molecule has 0 aliphatic heterocycles. The highest BCUT2D eigenvalue weighted by Gasteiger charge is 1.97. The molecule has 0 bridgehead atoms. The molecule has 6 nitrogen and oxygen atoms in total. The molecule has 4 N–H and O–H groups in total. The SMILES string of the molecule is Cc1ccc(S(=O)(=O)[O-])cc1.OCC[NH2+]CCO. The Labute approximate surface area is 107 Å². The molecule has 0 aliphatic rings. The average Bonchev–Trinajstić information content (AvgIpc) is 2.30. The average molecular weight is 277 g/mol. The van der Waals surface area contributed by atoms with Crippen molar-refractivity contribution >= 4 is 10.1 Å². The molecule has 0 atom stereocenters. The van der Waals surface area contributed by atoms with Crippen molar-refractivity contribution in [3.05, 3.63) is 29.8 Å². The van der Waals surface area contributed by atoms with Gasteiger partial charge in [0.25, 0.3) is 0 Å². The Hall–Kier alpha value is -0.990. The number of aryl methyl sites for hydroxylation is 1. The predicted molar refractivity (Wildman–Crippen MR) is 65.0 cm³/mol. The van der Waals surface area contributed by atoms with Gasteiger partial charge in [-0.2, -0.15) is 0 Å². The molecule has 0 amide bonds. The van der Waals surface area contributed by atoms with Crippen LogP contribution in [0, 0.1) is 6.92 Å². The second-order valence-corrected chi connectivity index (χ2v) is 4.96. The number of aliphatic hydroxyl groups is 2. The maximum absolute atomic E-state index is 10.4. The van der Waals surface area contributed by atoms with Gasteiger partial charge in [0.1, 0.15) is 10.1 Å². The van der Waals surface area contributed by atoms with E-state index in [4.69, 9.17) is 10.2 Å². The molecule has 1 aromatic carbocycles. The summed E-state index contributed by atoms with van der Waals surface area (Å²) in [5.41, 5.74) is 0.928. The summed E-state index contributed by atoms with van der Waals surface area (Å²) in [5.74, 6) is 0. The monoisotopic (exact) mass is 277 g/mol. The standard InChI is InChI=1S/C7H8O3S.C4H11NO2/c1-6-2-4-7(5-3-6)11(8,9)10;6-3-1-5-2-4-7/h2-5H,1H3,(H,8,9,10);5-7H,1-4H2. The van der Waals surface area contributed by atoms with Crippen molar-refractivity contribution in [2.45, 2.75) is 11.8 Å². The first kappa shape index (κ1) is 17.0. The van der Waals surface area contributed by atoms with E-state index in [1.807, 2.05) is 12.2 Å². The summed E-state index contributed by atoms with van der Waals surface area (Å²) in [6, 6.07) is 5.78. The van der Waals surface area contributed by atoms with Crippen LogP contribution in [-0.4, -0.2) is 49.5 Å². The Morgan fingerprint density at radius 2 is 1.56 bits per heavy atom. The summed E-state index contributed by atoms with van der Waals surface area (Å²) in [4.78, 5) is -0.178. The van der Waals surface area contributed by atoms with Gasteiger partial charge in [0.2, 0.25) is 0 Å². The zero-order chi connectivity index (χ0) is 14.0. The minimum Gasteiger partial charge on any atom is -0.744 e. The molecule has 1 aromatic rings. The van der Waals surface area contributed by atoms with Gasteiger partial charge >= 0.3 is 0 Å². The van der Waals surface area contributed by atoms with E-state index in [2.05, 4.69) is 0 Å². The maximum Gasteiger partial charge on any atom is 0.124 e. The van der Waals surface area contributed by atoms with Crippen molar-refractivity contribution in [2.75, 3.05) is 26.3 Å². The van der Waals surface area contributed by atoms with Gasteiger partial charge in [-0.3, -0.25) is 0 Å². The van der Waals surface area contributed by atoms with E-state index < -0.39 is 10.1 Å². The number of benzene rings is 1. The van der Waals surface area contributed by atoms with E-state index in [-0.39, 0.29) is 18.1 Å². The van der Waals surface area contributed by atoms with E-state index in [9.17, 15) is 13.0 Å². The summed E-state index contributed by atoms with van der Waals surface area (Å²) < 4.78 is 31.2. The second-order valence-electron chi connectivity index (χ2n) is 3.58. The van der Waals surface area contributed by atoms with Crippen molar-refractivity contribution in [1.29, 1.82) is 0 Å². The van der Waals surface area contributed by atoms with Crippen LogP contribution < -0.4 is 5.32 Å². The topological polar surface area (TPSA) is 114 Å². The Bertz CT molecular complexity index is 412. The fraction of sp³-hybridized carbons (Fsp3) is 0.455. The molecule has 0 unspecified atom stereocenters. The van der Waals surface area contributed by atoms with Gasteiger partial charge in [-0.25, -0.2) is 8.42 Å². The third-order valence-corrected chi connectivity index (χ3v) is 2.83. The van der Waals surface area contributed by atoms with Gasteiger partial charge in [0.15, 0.2) is 0 Å². The molecule has 0 heterocycles.